The van der Waals surface area contributed by atoms with Crippen LogP contribution in [0.1, 0.15) is 29.2 Å². The third-order valence-corrected chi connectivity index (χ3v) is 9.69. The average molecular weight is 553 g/mol. The lowest BCUT2D eigenvalue weighted by Gasteiger charge is -2.55. The maximum Gasteiger partial charge on any atom is 0.239 e. The summed E-state index contributed by atoms with van der Waals surface area (Å²) in [6.45, 7) is 2.47. The summed E-state index contributed by atoms with van der Waals surface area (Å²) in [5, 5.41) is 0. The number of hydrogen-bond donors (Lipinski definition) is 0. The molecule has 1 fully saturated rings. The van der Waals surface area contributed by atoms with Crippen LogP contribution < -0.4 is 9.64 Å². The van der Waals surface area contributed by atoms with Crippen LogP contribution in [-0.4, -0.2) is 18.4 Å². The van der Waals surface area contributed by atoms with Gasteiger partial charge in [-0.1, -0.05) is 80.4 Å². The first-order chi connectivity index (χ1) is 15.4. The van der Waals surface area contributed by atoms with E-state index in [0.717, 1.165) is 22.3 Å². The zero-order chi connectivity index (χ0) is 22.3. The molecule has 0 saturated carbocycles. The molecule has 1 unspecified atom stereocenters. The van der Waals surface area contributed by atoms with Gasteiger partial charge in [0.25, 0.3) is 0 Å². The van der Waals surface area contributed by atoms with Gasteiger partial charge >= 0.3 is 0 Å². The first kappa shape index (κ1) is 20.2. The van der Waals surface area contributed by atoms with E-state index in [-0.39, 0.29) is 11.8 Å². The number of rotatable bonds is 3. The molecule has 4 nitrogen and oxygen atoms in total. The maximum absolute atomic E-state index is 13.9. The highest BCUT2D eigenvalue weighted by Crippen LogP contribution is 2.70. The van der Waals surface area contributed by atoms with E-state index in [9.17, 15) is 9.59 Å². The molecule has 0 aromatic heterocycles. The Hall–Kier alpha value is -2.44. The molecule has 0 spiro atoms. The summed E-state index contributed by atoms with van der Waals surface area (Å²) in [5.41, 5.74) is 4.70. The number of halogens is 2. The molecule has 2 amide bonds. The van der Waals surface area contributed by atoms with Crippen LogP contribution in [0, 0.1) is 11.8 Å². The van der Waals surface area contributed by atoms with Gasteiger partial charge in [-0.15, -0.1) is 0 Å². The van der Waals surface area contributed by atoms with E-state index in [2.05, 4.69) is 56.1 Å². The van der Waals surface area contributed by atoms with Crippen molar-refractivity contribution in [1.82, 2.24) is 0 Å². The molecule has 160 valence electrons. The quantitative estimate of drug-likeness (QED) is 0.318. The Labute approximate surface area is 202 Å². The van der Waals surface area contributed by atoms with Crippen molar-refractivity contribution in [2.45, 2.75) is 15.6 Å². The third-order valence-electron chi connectivity index (χ3n) is 6.99. The molecule has 2 bridgehead atoms. The number of anilines is 1. The van der Waals surface area contributed by atoms with Crippen LogP contribution in [-0.2, 0) is 18.2 Å². The standard InChI is InChI=1S/C26H19Br2NO3/c1-2-32-16-13-11-15(12-14-16)29-23(30)21-22(24(29)31)26(28)18-8-4-3-7-17(18)25(21,27)19-9-5-6-10-20(19)26/h3-14,21-22H,2H2,1H3/t21-,22?,25?,26?/m1/s1. The summed E-state index contributed by atoms with van der Waals surface area (Å²) in [4.78, 5) is 29.2. The van der Waals surface area contributed by atoms with Crippen molar-refractivity contribution in [3.63, 3.8) is 0 Å². The molecule has 7 rings (SSSR count). The Morgan fingerprint density at radius 2 is 1.16 bits per heavy atom. The van der Waals surface area contributed by atoms with Crippen LogP contribution in [0.25, 0.3) is 0 Å². The lowest BCUT2D eigenvalue weighted by atomic mass is 9.54. The van der Waals surface area contributed by atoms with Crippen molar-refractivity contribution >= 4 is 49.4 Å². The highest BCUT2D eigenvalue weighted by molar-refractivity contribution is 9.10. The van der Waals surface area contributed by atoms with Crippen molar-refractivity contribution in [2.75, 3.05) is 11.5 Å². The summed E-state index contributed by atoms with van der Waals surface area (Å²) in [5.74, 6) is -0.791. The van der Waals surface area contributed by atoms with Gasteiger partial charge in [0.05, 0.1) is 32.8 Å². The zero-order valence-corrected chi connectivity index (χ0v) is 20.4. The van der Waals surface area contributed by atoms with E-state index >= 15 is 0 Å². The molecule has 0 N–H and O–H groups in total. The molecular formula is C26H19Br2NO3. The van der Waals surface area contributed by atoms with E-state index in [1.54, 1.807) is 24.3 Å². The van der Waals surface area contributed by atoms with Crippen molar-refractivity contribution in [2.24, 2.45) is 11.8 Å². The predicted molar refractivity (Wildman–Crippen MR) is 129 cm³/mol. The second-order valence-electron chi connectivity index (χ2n) is 8.41. The Balaban J connectivity index is 1.57. The number of ether oxygens (including phenoxy) is 1. The summed E-state index contributed by atoms with van der Waals surface area (Å²) < 4.78 is 3.99. The van der Waals surface area contributed by atoms with E-state index < -0.39 is 20.5 Å². The molecule has 3 aromatic carbocycles. The van der Waals surface area contributed by atoms with Crippen molar-refractivity contribution in [3.05, 3.63) is 95.1 Å². The lowest BCUT2D eigenvalue weighted by Crippen LogP contribution is -2.56. The van der Waals surface area contributed by atoms with Gasteiger partial charge in [-0.2, -0.15) is 0 Å². The first-order valence-electron chi connectivity index (χ1n) is 10.6. The molecular weight excluding hydrogens is 534 g/mol. The molecule has 4 aliphatic rings. The topological polar surface area (TPSA) is 46.6 Å². The van der Waals surface area contributed by atoms with Gasteiger partial charge in [0.2, 0.25) is 11.8 Å². The van der Waals surface area contributed by atoms with Crippen molar-refractivity contribution in [1.29, 1.82) is 0 Å². The number of nitrogens with zero attached hydrogens (tertiary/aromatic N) is 1. The van der Waals surface area contributed by atoms with Crippen LogP contribution in [0.3, 0.4) is 0 Å². The minimum absolute atomic E-state index is 0.186. The van der Waals surface area contributed by atoms with Crippen LogP contribution in [0.15, 0.2) is 72.8 Å². The van der Waals surface area contributed by atoms with Crippen molar-refractivity contribution in [3.8, 4) is 5.75 Å². The molecule has 6 heteroatoms. The Morgan fingerprint density at radius 1 is 0.750 bits per heavy atom. The Bertz CT molecular complexity index is 1160. The van der Waals surface area contributed by atoms with Crippen LogP contribution >= 0.6 is 31.9 Å². The summed E-state index contributed by atoms with van der Waals surface area (Å²) in [6, 6.07) is 23.3. The van der Waals surface area contributed by atoms with Gasteiger partial charge in [0.1, 0.15) is 5.75 Å². The zero-order valence-electron chi connectivity index (χ0n) is 17.2. The Morgan fingerprint density at radius 3 is 1.53 bits per heavy atom. The number of carbonyl (C=O) groups is 2. The SMILES string of the molecule is CCOc1ccc(N2C(=O)C3[C@H](C2=O)C2(Br)c4ccccc4C3(Br)c3ccccc32)cc1. The van der Waals surface area contributed by atoms with E-state index in [0.29, 0.717) is 18.0 Å². The number of carbonyl (C=O) groups excluding carboxylic acids is 2. The number of benzene rings is 3. The molecule has 32 heavy (non-hydrogen) atoms. The minimum Gasteiger partial charge on any atom is -0.494 e. The van der Waals surface area contributed by atoms with Crippen LogP contribution in [0.2, 0.25) is 0 Å². The molecule has 3 aliphatic carbocycles. The van der Waals surface area contributed by atoms with Gasteiger partial charge in [-0.25, -0.2) is 4.90 Å². The first-order valence-corrected chi connectivity index (χ1v) is 12.2. The smallest absolute Gasteiger partial charge is 0.239 e. The van der Waals surface area contributed by atoms with Gasteiger partial charge in [-0.3, -0.25) is 9.59 Å². The number of amides is 2. The van der Waals surface area contributed by atoms with Crippen LogP contribution in [0.5, 0.6) is 5.75 Å². The molecule has 1 aliphatic heterocycles. The summed E-state index contributed by atoms with van der Waals surface area (Å²) in [6.07, 6.45) is 0. The van der Waals surface area contributed by atoms with Gasteiger partial charge in [0.15, 0.2) is 0 Å². The third kappa shape index (κ3) is 2.27. The highest BCUT2D eigenvalue weighted by Gasteiger charge is 2.72. The van der Waals surface area contributed by atoms with E-state index in [1.165, 1.54) is 4.90 Å². The summed E-state index contributed by atoms with van der Waals surface area (Å²) in [7, 11) is 0. The second-order valence-corrected chi connectivity index (χ2v) is 10.9. The van der Waals surface area contributed by atoms with E-state index in [1.807, 2.05) is 31.2 Å². The van der Waals surface area contributed by atoms with Gasteiger partial charge in [-0.05, 0) is 53.4 Å². The monoisotopic (exact) mass is 551 g/mol. The number of hydrogen-bond acceptors (Lipinski definition) is 3. The van der Waals surface area contributed by atoms with Gasteiger partial charge < -0.3 is 4.74 Å². The molecule has 1 saturated heterocycles. The van der Waals surface area contributed by atoms with Crippen molar-refractivity contribution < 1.29 is 14.3 Å². The van der Waals surface area contributed by atoms with Gasteiger partial charge in [0, 0.05) is 0 Å². The Kier molecular flexibility index (Phi) is 4.28. The number of alkyl halides is 2. The van der Waals surface area contributed by atoms with E-state index in [4.69, 9.17) is 4.74 Å². The fourth-order valence-electron chi connectivity index (χ4n) is 5.78. The fourth-order valence-corrected chi connectivity index (χ4v) is 8.08. The second kappa shape index (κ2) is 6.78. The molecule has 0 radical (unpaired) electrons. The molecule has 2 atom stereocenters. The lowest BCUT2D eigenvalue weighted by molar-refractivity contribution is -0.122. The largest absolute Gasteiger partial charge is 0.494 e. The minimum atomic E-state index is -0.771. The van der Waals surface area contributed by atoms with Crippen LogP contribution in [0.4, 0.5) is 5.69 Å². The molecule has 1 heterocycles. The average Bonchev–Trinajstić information content (AvgIpc) is 3.09. The normalized spacial score (nSPS) is 29.5. The summed E-state index contributed by atoms with van der Waals surface area (Å²) >= 11 is 8.04. The maximum atomic E-state index is 13.9. The predicted octanol–water partition coefficient (Wildman–Crippen LogP) is 5.50. The molecule has 3 aromatic rings. The fraction of sp³-hybridized carbons (Fsp3) is 0.231. The number of imide groups is 1. The highest BCUT2D eigenvalue weighted by atomic mass is 79.9.